The number of aldehydes is 2. The molecule has 2 atom stereocenters. The number of halogens is 1. The Bertz CT molecular complexity index is 832. The van der Waals surface area contributed by atoms with E-state index in [0.29, 0.717) is 6.42 Å². The zero-order valence-corrected chi connectivity index (χ0v) is 17.5. The van der Waals surface area contributed by atoms with E-state index in [1.54, 1.807) is 0 Å². The second-order valence-electron chi connectivity index (χ2n) is 8.34. The van der Waals surface area contributed by atoms with Crippen molar-refractivity contribution in [2.24, 2.45) is 0 Å². The van der Waals surface area contributed by atoms with Gasteiger partial charge in [-0.2, -0.15) is 0 Å². The number of nitrogens with zero attached hydrogens (tertiary/aromatic N) is 1. The summed E-state index contributed by atoms with van der Waals surface area (Å²) >= 11 is 3.63. The molecule has 128 valence electrons. The van der Waals surface area contributed by atoms with E-state index in [-0.39, 0.29) is 16.9 Å². The highest BCUT2D eigenvalue weighted by molar-refractivity contribution is 9.10. The maximum Gasteiger partial charge on any atom is 0.161 e. The van der Waals surface area contributed by atoms with Gasteiger partial charge in [0.15, 0.2) is 8.24 Å². The van der Waals surface area contributed by atoms with Crippen LogP contribution in [-0.4, -0.2) is 25.0 Å². The minimum absolute atomic E-state index is 0.179. The molecule has 0 bridgehead atoms. The Balaban J connectivity index is 2.40. The van der Waals surface area contributed by atoms with Gasteiger partial charge in [0.1, 0.15) is 12.6 Å². The molecule has 0 unspecified atom stereocenters. The van der Waals surface area contributed by atoms with Gasteiger partial charge in [-0.3, -0.25) is 0 Å². The lowest BCUT2D eigenvalue weighted by Crippen LogP contribution is -2.45. The third kappa shape index (κ3) is 2.36. The van der Waals surface area contributed by atoms with E-state index in [4.69, 9.17) is 0 Å². The van der Waals surface area contributed by atoms with Gasteiger partial charge >= 0.3 is 0 Å². The molecule has 1 aromatic carbocycles. The molecule has 0 radical (unpaired) electrons. The van der Waals surface area contributed by atoms with Gasteiger partial charge in [-0.1, -0.05) is 49.8 Å². The van der Waals surface area contributed by atoms with Crippen LogP contribution in [0.2, 0.25) is 18.1 Å². The fourth-order valence-electron chi connectivity index (χ4n) is 3.66. The Morgan fingerprint density at radius 3 is 2.29 bits per heavy atom. The Kier molecular flexibility index (Phi) is 4.16. The number of hydrogen-bond donors (Lipinski definition) is 0. The molecule has 1 heterocycles. The average molecular weight is 406 g/mol. The summed E-state index contributed by atoms with van der Waals surface area (Å²) in [6.45, 7) is 11.6. The molecule has 0 fully saturated rings. The second-order valence-corrected chi connectivity index (χ2v) is 14.3. The minimum atomic E-state index is -1.83. The third-order valence-electron chi connectivity index (χ3n) is 6.02. The highest BCUT2D eigenvalue weighted by atomic mass is 79.9. The van der Waals surface area contributed by atoms with Crippen molar-refractivity contribution in [1.29, 1.82) is 0 Å². The predicted molar refractivity (Wildman–Crippen MR) is 104 cm³/mol. The van der Waals surface area contributed by atoms with Crippen molar-refractivity contribution in [3.8, 4) is 0 Å². The van der Waals surface area contributed by atoms with E-state index in [9.17, 15) is 9.59 Å². The maximum atomic E-state index is 11.7. The quantitative estimate of drug-likeness (QED) is 0.518. The van der Waals surface area contributed by atoms with E-state index in [1.165, 1.54) is 0 Å². The van der Waals surface area contributed by atoms with E-state index in [0.717, 1.165) is 39.1 Å². The fraction of sp³-hybridized carbons (Fsp3) is 0.474. The lowest BCUT2D eigenvalue weighted by molar-refractivity contribution is -0.110. The molecular formula is C19H24BrNO2Si. The number of aromatic nitrogens is 1. The molecule has 1 aliphatic rings. The molecule has 0 amide bonds. The monoisotopic (exact) mass is 405 g/mol. The van der Waals surface area contributed by atoms with Gasteiger partial charge in [0.25, 0.3) is 0 Å². The van der Waals surface area contributed by atoms with Crippen molar-refractivity contribution in [3.05, 3.63) is 33.9 Å². The Morgan fingerprint density at radius 2 is 1.75 bits per heavy atom. The van der Waals surface area contributed by atoms with Crippen molar-refractivity contribution in [1.82, 2.24) is 4.23 Å². The van der Waals surface area contributed by atoms with Gasteiger partial charge in [0.05, 0.1) is 0 Å². The summed E-state index contributed by atoms with van der Waals surface area (Å²) in [5, 5.41) is 1.32. The predicted octanol–water partition coefficient (Wildman–Crippen LogP) is 5.23. The van der Waals surface area contributed by atoms with Crippen molar-refractivity contribution >= 4 is 47.6 Å². The number of fused-ring (bicyclic) bond motifs is 3. The molecule has 1 aromatic heterocycles. The number of rotatable bonds is 3. The average Bonchev–Trinajstić information content (AvgIpc) is 3.06. The molecule has 5 heteroatoms. The Morgan fingerprint density at radius 1 is 1.17 bits per heavy atom. The first-order chi connectivity index (χ1) is 11.1. The van der Waals surface area contributed by atoms with E-state index >= 15 is 0 Å². The number of benzene rings is 1. The summed E-state index contributed by atoms with van der Waals surface area (Å²) in [5.41, 5.74) is 3.22. The van der Waals surface area contributed by atoms with Crippen LogP contribution in [-0.2, 0) is 9.59 Å². The topological polar surface area (TPSA) is 39.1 Å². The standard InChI is InChI=1S/C19H24BrNO2Si/c1-19(2,3)24(4,5)21-7-6-12-9-15(20)16-13(10-22)8-14(11-23)17(16)18(12)21/h6-7,9-11,13-14H,8H2,1-5H3/t13-,14+/m0/s1. The van der Waals surface area contributed by atoms with Crippen molar-refractivity contribution in [2.45, 2.75) is 57.2 Å². The van der Waals surface area contributed by atoms with Gasteiger partial charge < -0.3 is 13.8 Å². The van der Waals surface area contributed by atoms with Crippen LogP contribution in [0.1, 0.15) is 50.2 Å². The number of hydrogen-bond acceptors (Lipinski definition) is 2. The number of carbonyl (C=O) groups excluding carboxylic acids is 2. The molecule has 0 saturated heterocycles. The van der Waals surface area contributed by atoms with Crippen LogP contribution in [0.3, 0.4) is 0 Å². The third-order valence-corrected chi connectivity index (χ3v) is 11.9. The largest absolute Gasteiger partial charge is 0.374 e. The first-order valence-electron chi connectivity index (χ1n) is 8.38. The molecule has 0 saturated carbocycles. The van der Waals surface area contributed by atoms with Crippen LogP contribution in [0.15, 0.2) is 22.8 Å². The molecule has 0 aliphatic heterocycles. The molecule has 2 aromatic rings. The summed E-state index contributed by atoms with van der Waals surface area (Å²) in [7, 11) is -1.83. The van der Waals surface area contributed by atoms with Crippen LogP contribution >= 0.6 is 15.9 Å². The van der Waals surface area contributed by atoms with Gasteiger partial charge in [-0.15, -0.1) is 0 Å². The van der Waals surface area contributed by atoms with Crippen LogP contribution < -0.4 is 0 Å². The molecule has 0 N–H and O–H groups in total. The lowest BCUT2D eigenvalue weighted by atomic mass is 10.00. The zero-order chi connectivity index (χ0) is 17.9. The van der Waals surface area contributed by atoms with Crippen molar-refractivity contribution in [3.63, 3.8) is 0 Å². The normalized spacial score (nSPS) is 21.1. The van der Waals surface area contributed by atoms with E-state index in [1.807, 2.05) is 0 Å². The lowest BCUT2D eigenvalue weighted by Gasteiger charge is -2.39. The molecule has 3 rings (SSSR count). The molecule has 0 spiro atoms. The van der Waals surface area contributed by atoms with Gasteiger partial charge in [-0.25, -0.2) is 0 Å². The first-order valence-corrected chi connectivity index (χ1v) is 12.1. The SMILES string of the molecule is CC(C)(C)[Si](C)(C)n1ccc2cc(Br)c3c(c21)[C@@H](C=O)C[C@H]3C=O. The van der Waals surface area contributed by atoms with Gasteiger partial charge in [0.2, 0.25) is 0 Å². The van der Waals surface area contributed by atoms with E-state index < -0.39 is 8.24 Å². The highest BCUT2D eigenvalue weighted by Crippen LogP contribution is 2.49. The molecule has 1 aliphatic carbocycles. The Hall–Kier alpha value is -1.20. The van der Waals surface area contributed by atoms with E-state index in [2.05, 4.69) is 72.4 Å². The van der Waals surface area contributed by atoms with Crippen LogP contribution in [0.5, 0.6) is 0 Å². The first kappa shape index (κ1) is 17.6. The van der Waals surface area contributed by atoms with Crippen molar-refractivity contribution in [2.75, 3.05) is 0 Å². The van der Waals surface area contributed by atoms with Crippen LogP contribution in [0.4, 0.5) is 0 Å². The minimum Gasteiger partial charge on any atom is -0.374 e. The molecular weight excluding hydrogens is 382 g/mol. The summed E-state index contributed by atoms with van der Waals surface area (Å²) in [6.07, 6.45) is 4.75. The van der Waals surface area contributed by atoms with Gasteiger partial charge in [-0.05, 0) is 40.9 Å². The second kappa shape index (κ2) is 5.66. The van der Waals surface area contributed by atoms with Crippen molar-refractivity contribution < 1.29 is 9.59 Å². The summed E-state index contributed by atoms with van der Waals surface area (Å²) in [6, 6.07) is 4.23. The molecule has 24 heavy (non-hydrogen) atoms. The highest BCUT2D eigenvalue weighted by Gasteiger charge is 2.41. The zero-order valence-electron chi connectivity index (χ0n) is 14.9. The molecule has 3 nitrogen and oxygen atoms in total. The maximum absolute atomic E-state index is 11.7. The van der Waals surface area contributed by atoms with Crippen LogP contribution in [0.25, 0.3) is 10.9 Å². The Labute approximate surface area is 152 Å². The number of carbonyl (C=O) groups is 2. The van der Waals surface area contributed by atoms with Crippen LogP contribution in [0, 0.1) is 0 Å². The summed E-state index contributed by atoms with van der Waals surface area (Å²) in [4.78, 5) is 23.3. The summed E-state index contributed by atoms with van der Waals surface area (Å²) < 4.78 is 3.37. The smallest absolute Gasteiger partial charge is 0.161 e. The van der Waals surface area contributed by atoms with Gasteiger partial charge in [0, 0.05) is 27.2 Å². The summed E-state index contributed by atoms with van der Waals surface area (Å²) in [5.74, 6) is -0.398. The fourth-order valence-corrected chi connectivity index (χ4v) is 6.39.